The Balaban J connectivity index is 2.12. The van der Waals surface area contributed by atoms with Crippen molar-refractivity contribution in [3.63, 3.8) is 0 Å². The predicted molar refractivity (Wildman–Crippen MR) is 59.7 cm³/mol. The second-order valence-corrected chi connectivity index (χ2v) is 3.32. The molecule has 0 aromatic carbocycles. The highest BCUT2D eigenvalue weighted by molar-refractivity contribution is 5.68. The van der Waals surface area contributed by atoms with E-state index in [9.17, 15) is 0 Å². The number of nitriles is 1. The summed E-state index contributed by atoms with van der Waals surface area (Å²) in [7, 11) is 0. The Hall–Kier alpha value is -2.62. The number of aryl methyl sites for hydroxylation is 1. The molecule has 0 radical (unpaired) electrons. The molecule has 0 amide bonds. The SMILES string of the molecule is Cc1noc(CNc2nccc(C#N)c2N)n1. The molecule has 2 heterocycles. The van der Waals surface area contributed by atoms with Crippen molar-refractivity contribution in [1.29, 1.82) is 5.26 Å². The smallest absolute Gasteiger partial charge is 0.245 e. The lowest BCUT2D eigenvalue weighted by Gasteiger charge is -2.06. The lowest BCUT2D eigenvalue weighted by molar-refractivity contribution is 0.379. The molecule has 0 bridgehead atoms. The van der Waals surface area contributed by atoms with E-state index in [2.05, 4.69) is 20.4 Å². The highest BCUT2D eigenvalue weighted by Gasteiger charge is 2.07. The number of nitrogen functional groups attached to an aromatic ring is 1. The van der Waals surface area contributed by atoms with Gasteiger partial charge in [0.1, 0.15) is 6.07 Å². The highest BCUT2D eigenvalue weighted by atomic mass is 16.5. The average Bonchev–Trinajstić information content (AvgIpc) is 2.74. The van der Waals surface area contributed by atoms with Crippen LogP contribution < -0.4 is 11.1 Å². The number of hydrogen-bond acceptors (Lipinski definition) is 7. The maximum Gasteiger partial charge on any atom is 0.245 e. The number of nitrogens with zero attached hydrogens (tertiary/aromatic N) is 4. The summed E-state index contributed by atoms with van der Waals surface area (Å²) in [5.41, 5.74) is 6.44. The van der Waals surface area contributed by atoms with Crippen molar-refractivity contribution < 1.29 is 4.52 Å². The van der Waals surface area contributed by atoms with Crippen LogP contribution in [0, 0.1) is 18.3 Å². The van der Waals surface area contributed by atoms with Gasteiger partial charge in [0.15, 0.2) is 11.6 Å². The van der Waals surface area contributed by atoms with Gasteiger partial charge in [-0.25, -0.2) is 4.98 Å². The van der Waals surface area contributed by atoms with Gasteiger partial charge in [0, 0.05) is 6.20 Å². The summed E-state index contributed by atoms with van der Waals surface area (Å²) in [5, 5.41) is 15.4. The Labute approximate surface area is 97.3 Å². The van der Waals surface area contributed by atoms with E-state index >= 15 is 0 Å². The molecule has 2 aromatic heterocycles. The van der Waals surface area contributed by atoms with Crippen molar-refractivity contribution in [1.82, 2.24) is 15.1 Å². The third-order valence-corrected chi connectivity index (χ3v) is 2.09. The Bertz CT molecular complexity index is 570. The van der Waals surface area contributed by atoms with Crippen LogP contribution in [0.1, 0.15) is 17.3 Å². The number of rotatable bonds is 3. The van der Waals surface area contributed by atoms with Gasteiger partial charge in [-0.15, -0.1) is 0 Å². The lowest BCUT2D eigenvalue weighted by Crippen LogP contribution is -2.06. The molecule has 2 aromatic rings. The molecular weight excluding hydrogens is 220 g/mol. The molecule has 3 N–H and O–H groups in total. The molecule has 0 saturated carbocycles. The average molecular weight is 230 g/mol. The van der Waals surface area contributed by atoms with Crippen LogP contribution in [-0.4, -0.2) is 15.1 Å². The van der Waals surface area contributed by atoms with E-state index in [1.54, 1.807) is 13.0 Å². The second kappa shape index (κ2) is 4.49. The Morgan fingerprint density at radius 1 is 1.59 bits per heavy atom. The van der Waals surface area contributed by atoms with E-state index in [1.807, 2.05) is 6.07 Å². The summed E-state index contributed by atoms with van der Waals surface area (Å²) in [6.45, 7) is 2.04. The minimum atomic E-state index is 0.311. The van der Waals surface area contributed by atoms with Gasteiger partial charge in [0.2, 0.25) is 5.89 Å². The van der Waals surface area contributed by atoms with Crippen LogP contribution in [0.3, 0.4) is 0 Å². The predicted octanol–water partition coefficient (Wildman–Crippen LogP) is 0.839. The number of hydrogen-bond donors (Lipinski definition) is 2. The van der Waals surface area contributed by atoms with Crippen molar-refractivity contribution in [2.75, 3.05) is 11.1 Å². The summed E-state index contributed by atoms with van der Waals surface area (Å²) >= 11 is 0. The van der Waals surface area contributed by atoms with Crippen molar-refractivity contribution in [3.8, 4) is 6.07 Å². The van der Waals surface area contributed by atoms with Crippen molar-refractivity contribution in [3.05, 3.63) is 29.5 Å². The first-order valence-corrected chi connectivity index (χ1v) is 4.88. The molecule has 7 heteroatoms. The van der Waals surface area contributed by atoms with Crippen LogP contribution in [0.15, 0.2) is 16.8 Å². The summed E-state index contributed by atoms with van der Waals surface area (Å²) in [6.07, 6.45) is 1.51. The van der Waals surface area contributed by atoms with Crippen LogP contribution in [0.4, 0.5) is 11.5 Å². The fourth-order valence-corrected chi connectivity index (χ4v) is 1.28. The molecule has 0 aliphatic carbocycles. The molecule has 2 rings (SSSR count). The van der Waals surface area contributed by atoms with Gasteiger partial charge in [-0.2, -0.15) is 10.2 Å². The normalized spacial score (nSPS) is 9.88. The molecule has 0 aliphatic rings. The quantitative estimate of drug-likeness (QED) is 0.802. The van der Waals surface area contributed by atoms with Gasteiger partial charge < -0.3 is 15.6 Å². The zero-order valence-corrected chi connectivity index (χ0v) is 9.14. The van der Waals surface area contributed by atoms with Crippen LogP contribution in [0.5, 0.6) is 0 Å². The first-order chi connectivity index (χ1) is 8.20. The minimum absolute atomic E-state index is 0.311. The molecule has 0 unspecified atom stereocenters. The molecule has 7 nitrogen and oxygen atoms in total. The first-order valence-electron chi connectivity index (χ1n) is 4.88. The van der Waals surface area contributed by atoms with Crippen molar-refractivity contribution in [2.24, 2.45) is 0 Å². The molecule has 17 heavy (non-hydrogen) atoms. The topological polar surface area (TPSA) is 114 Å². The van der Waals surface area contributed by atoms with E-state index in [4.69, 9.17) is 15.5 Å². The molecular formula is C10H10N6O. The maximum absolute atomic E-state index is 8.81. The van der Waals surface area contributed by atoms with Crippen LogP contribution in [-0.2, 0) is 6.54 Å². The molecule has 0 aliphatic heterocycles. The fraction of sp³-hybridized carbons (Fsp3) is 0.200. The van der Waals surface area contributed by atoms with E-state index in [0.717, 1.165) is 0 Å². The van der Waals surface area contributed by atoms with Gasteiger partial charge >= 0.3 is 0 Å². The molecule has 0 atom stereocenters. The van der Waals surface area contributed by atoms with Crippen LogP contribution in [0.25, 0.3) is 0 Å². The minimum Gasteiger partial charge on any atom is -0.395 e. The number of aromatic nitrogens is 3. The third-order valence-electron chi connectivity index (χ3n) is 2.09. The number of pyridine rings is 1. The van der Waals surface area contributed by atoms with Crippen molar-refractivity contribution >= 4 is 11.5 Å². The van der Waals surface area contributed by atoms with Crippen LogP contribution in [0.2, 0.25) is 0 Å². The summed E-state index contributed by atoms with van der Waals surface area (Å²) in [6, 6.07) is 3.53. The standard InChI is InChI=1S/C10H10N6O/c1-6-15-8(17-16-6)5-14-10-9(12)7(4-11)2-3-13-10/h2-3H,5,12H2,1H3,(H,13,14). The van der Waals surface area contributed by atoms with E-state index in [-0.39, 0.29) is 0 Å². The van der Waals surface area contributed by atoms with Gasteiger partial charge in [0.25, 0.3) is 0 Å². The lowest BCUT2D eigenvalue weighted by atomic mass is 10.2. The monoisotopic (exact) mass is 230 g/mol. The summed E-state index contributed by atoms with van der Waals surface area (Å²) in [5.74, 6) is 1.43. The molecule has 0 fully saturated rings. The Morgan fingerprint density at radius 3 is 3.06 bits per heavy atom. The molecule has 86 valence electrons. The Kier molecular flexibility index (Phi) is 2.87. The van der Waals surface area contributed by atoms with E-state index < -0.39 is 0 Å². The van der Waals surface area contributed by atoms with Gasteiger partial charge in [-0.05, 0) is 13.0 Å². The number of nitrogens with one attached hydrogen (secondary N) is 1. The third kappa shape index (κ3) is 2.31. The highest BCUT2D eigenvalue weighted by Crippen LogP contribution is 2.19. The van der Waals surface area contributed by atoms with Gasteiger partial charge in [-0.1, -0.05) is 5.16 Å². The number of nitrogens with two attached hydrogens (primary N) is 1. The van der Waals surface area contributed by atoms with Crippen LogP contribution >= 0.6 is 0 Å². The summed E-state index contributed by atoms with van der Waals surface area (Å²) < 4.78 is 4.93. The number of anilines is 2. The maximum atomic E-state index is 8.81. The second-order valence-electron chi connectivity index (χ2n) is 3.32. The zero-order valence-electron chi connectivity index (χ0n) is 9.14. The largest absolute Gasteiger partial charge is 0.395 e. The zero-order chi connectivity index (χ0) is 12.3. The molecule has 0 saturated heterocycles. The van der Waals surface area contributed by atoms with Crippen molar-refractivity contribution in [2.45, 2.75) is 13.5 Å². The Morgan fingerprint density at radius 2 is 2.41 bits per heavy atom. The van der Waals surface area contributed by atoms with Gasteiger partial charge in [0.05, 0.1) is 17.8 Å². The van der Waals surface area contributed by atoms with Gasteiger partial charge in [-0.3, -0.25) is 0 Å². The summed E-state index contributed by atoms with van der Waals surface area (Å²) in [4.78, 5) is 8.06. The molecule has 0 spiro atoms. The fourth-order valence-electron chi connectivity index (χ4n) is 1.28. The first kappa shape index (κ1) is 10.9. The van der Waals surface area contributed by atoms with E-state index in [1.165, 1.54) is 6.20 Å². The van der Waals surface area contributed by atoms with E-state index in [0.29, 0.717) is 35.3 Å².